The SMILES string of the molecule is N[C@H](Cn1c(=O)c(-c2ccccc2Cl)c2n(c1=O)C(c1ccccc1)CS2)c1ccccc1. The molecule has 0 aliphatic carbocycles. The standard InChI is InChI=1S/C26H22ClN3O2S/c27-20-14-8-7-13-19(20)23-24(31)29(15-21(28)17-9-3-1-4-10-17)26(32)30-22(16-33-25(23)30)18-11-5-2-6-12-18/h1-14,21-22H,15-16,28H2/t21-,22?/m1/s1. The lowest BCUT2D eigenvalue weighted by Crippen LogP contribution is -2.43. The van der Waals surface area contributed by atoms with Gasteiger partial charge in [0.15, 0.2) is 0 Å². The van der Waals surface area contributed by atoms with Crippen LogP contribution in [-0.2, 0) is 6.54 Å². The maximum absolute atomic E-state index is 13.7. The van der Waals surface area contributed by atoms with Gasteiger partial charge in [0.25, 0.3) is 5.56 Å². The zero-order valence-corrected chi connectivity index (χ0v) is 19.3. The molecule has 5 nitrogen and oxygen atoms in total. The average molecular weight is 476 g/mol. The third-order valence-corrected chi connectivity index (χ3v) is 7.44. The first-order chi connectivity index (χ1) is 16.1. The van der Waals surface area contributed by atoms with Gasteiger partial charge in [0.1, 0.15) is 0 Å². The Bertz CT molecular complexity index is 1420. The largest absolute Gasteiger partial charge is 0.332 e. The fourth-order valence-corrected chi connectivity index (χ4v) is 5.85. The molecule has 1 aromatic heterocycles. The third-order valence-electron chi connectivity index (χ3n) is 5.95. The molecule has 166 valence electrons. The molecule has 3 aromatic carbocycles. The van der Waals surface area contributed by atoms with E-state index in [1.54, 1.807) is 10.6 Å². The molecular weight excluding hydrogens is 454 g/mol. The van der Waals surface area contributed by atoms with Gasteiger partial charge in [0.05, 0.1) is 23.2 Å². The van der Waals surface area contributed by atoms with Crippen molar-refractivity contribution in [2.75, 3.05) is 5.75 Å². The summed E-state index contributed by atoms with van der Waals surface area (Å²) in [5.41, 5.74) is 8.67. The third kappa shape index (κ3) is 3.95. The minimum Gasteiger partial charge on any atom is -0.322 e. The molecule has 1 unspecified atom stereocenters. The number of nitrogens with two attached hydrogens (primary N) is 1. The van der Waals surface area contributed by atoms with Crippen molar-refractivity contribution in [1.82, 2.24) is 9.13 Å². The van der Waals surface area contributed by atoms with E-state index in [0.29, 0.717) is 26.9 Å². The summed E-state index contributed by atoms with van der Waals surface area (Å²) in [5.74, 6) is 0.658. The van der Waals surface area contributed by atoms with Gasteiger partial charge in [-0.05, 0) is 17.2 Å². The summed E-state index contributed by atoms with van der Waals surface area (Å²) in [6.07, 6.45) is 0. The lowest BCUT2D eigenvalue weighted by Gasteiger charge is -2.20. The number of nitrogens with zero attached hydrogens (tertiary/aromatic N) is 2. The van der Waals surface area contributed by atoms with Gasteiger partial charge in [-0.1, -0.05) is 90.5 Å². The molecule has 4 aromatic rings. The highest BCUT2D eigenvalue weighted by molar-refractivity contribution is 7.99. The average Bonchev–Trinajstić information content (AvgIpc) is 3.29. The van der Waals surface area contributed by atoms with Crippen LogP contribution in [0.15, 0.2) is 99.5 Å². The molecule has 0 fully saturated rings. The van der Waals surface area contributed by atoms with Crippen LogP contribution in [0.4, 0.5) is 0 Å². The van der Waals surface area contributed by atoms with Gasteiger partial charge in [-0.25, -0.2) is 4.79 Å². The first kappa shape index (κ1) is 21.8. The number of halogens is 1. The smallest absolute Gasteiger partial charge is 0.322 e. The zero-order valence-electron chi connectivity index (χ0n) is 17.7. The first-order valence-electron chi connectivity index (χ1n) is 10.7. The van der Waals surface area contributed by atoms with Gasteiger partial charge in [-0.3, -0.25) is 13.9 Å². The molecular formula is C26H22ClN3O2S. The predicted molar refractivity (Wildman–Crippen MR) is 134 cm³/mol. The number of fused-ring (bicyclic) bond motifs is 1. The molecule has 1 aliphatic heterocycles. The second kappa shape index (κ2) is 9.06. The summed E-state index contributed by atoms with van der Waals surface area (Å²) in [5, 5.41) is 1.12. The van der Waals surface area contributed by atoms with E-state index in [9.17, 15) is 9.59 Å². The van der Waals surface area contributed by atoms with Crippen molar-refractivity contribution < 1.29 is 0 Å². The predicted octanol–water partition coefficient (Wildman–Crippen LogP) is 4.73. The van der Waals surface area contributed by atoms with E-state index in [4.69, 9.17) is 17.3 Å². The molecule has 0 radical (unpaired) electrons. The van der Waals surface area contributed by atoms with Crippen LogP contribution in [0.3, 0.4) is 0 Å². The van der Waals surface area contributed by atoms with Crippen LogP contribution in [-0.4, -0.2) is 14.9 Å². The fraction of sp³-hybridized carbons (Fsp3) is 0.154. The van der Waals surface area contributed by atoms with Crippen LogP contribution in [0.5, 0.6) is 0 Å². The van der Waals surface area contributed by atoms with Gasteiger partial charge in [-0.15, -0.1) is 11.8 Å². The molecule has 5 rings (SSSR count). The van der Waals surface area contributed by atoms with Crippen LogP contribution in [0.25, 0.3) is 11.1 Å². The van der Waals surface area contributed by atoms with E-state index >= 15 is 0 Å². The highest BCUT2D eigenvalue weighted by Crippen LogP contribution is 2.41. The lowest BCUT2D eigenvalue weighted by atomic mass is 10.1. The van der Waals surface area contributed by atoms with E-state index in [2.05, 4.69) is 0 Å². The molecule has 0 bridgehead atoms. The summed E-state index contributed by atoms with van der Waals surface area (Å²) >= 11 is 8.02. The molecule has 0 amide bonds. The van der Waals surface area contributed by atoms with Crippen molar-refractivity contribution in [2.24, 2.45) is 5.73 Å². The van der Waals surface area contributed by atoms with E-state index in [-0.39, 0.29) is 23.8 Å². The van der Waals surface area contributed by atoms with E-state index in [0.717, 1.165) is 11.1 Å². The molecule has 33 heavy (non-hydrogen) atoms. The van der Waals surface area contributed by atoms with E-state index < -0.39 is 6.04 Å². The number of hydrogen-bond donors (Lipinski definition) is 1. The molecule has 7 heteroatoms. The van der Waals surface area contributed by atoms with Gasteiger partial charge >= 0.3 is 5.69 Å². The Morgan fingerprint density at radius 1 is 0.939 bits per heavy atom. The van der Waals surface area contributed by atoms with E-state index in [1.807, 2.05) is 78.9 Å². The number of thioether (sulfide) groups is 1. The van der Waals surface area contributed by atoms with Crippen molar-refractivity contribution in [3.05, 3.63) is 122 Å². The molecule has 1 aliphatic rings. The molecule has 2 atom stereocenters. The summed E-state index contributed by atoms with van der Waals surface area (Å²) < 4.78 is 3.00. The Labute approximate surface area is 200 Å². The topological polar surface area (TPSA) is 70.0 Å². The molecule has 0 saturated heterocycles. The highest BCUT2D eigenvalue weighted by Gasteiger charge is 2.32. The Kier molecular flexibility index (Phi) is 5.98. The van der Waals surface area contributed by atoms with Crippen LogP contribution >= 0.6 is 23.4 Å². The number of hydrogen-bond acceptors (Lipinski definition) is 4. The van der Waals surface area contributed by atoms with Gasteiger partial charge in [0, 0.05) is 22.4 Å². The second-order valence-corrected chi connectivity index (χ2v) is 9.40. The monoisotopic (exact) mass is 475 g/mol. The summed E-state index contributed by atoms with van der Waals surface area (Å²) in [4.78, 5) is 27.5. The highest BCUT2D eigenvalue weighted by atomic mass is 35.5. The van der Waals surface area contributed by atoms with Crippen LogP contribution in [0.1, 0.15) is 23.2 Å². The number of rotatable bonds is 5. The summed E-state index contributed by atoms with van der Waals surface area (Å²) in [6.45, 7) is 0.0750. The quantitative estimate of drug-likeness (QED) is 0.424. The molecule has 0 spiro atoms. The first-order valence-corrected chi connectivity index (χ1v) is 12.0. The molecule has 0 saturated carbocycles. The van der Waals surface area contributed by atoms with Crippen molar-refractivity contribution in [3.63, 3.8) is 0 Å². The van der Waals surface area contributed by atoms with Crippen molar-refractivity contribution in [1.29, 1.82) is 0 Å². The van der Waals surface area contributed by atoms with Crippen molar-refractivity contribution in [3.8, 4) is 11.1 Å². The maximum Gasteiger partial charge on any atom is 0.332 e. The minimum absolute atomic E-state index is 0.0750. The number of aromatic nitrogens is 2. The van der Waals surface area contributed by atoms with Crippen LogP contribution < -0.4 is 17.0 Å². The fourth-order valence-electron chi connectivity index (χ4n) is 4.28. The zero-order chi connectivity index (χ0) is 22.9. The van der Waals surface area contributed by atoms with E-state index in [1.165, 1.54) is 16.3 Å². The van der Waals surface area contributed by atoms with Crippen molar-refractivity contribution >= 4 is 23.4 Å². The Morgan fingerprint density at radius 2 is 1.58 bits per heavy atom. The Hall–Kier alpha value is -3.06. The number of benzene rings is 3. The second-order valence-electron chi connectivity index (χ2n) is 7.98. The van der Waals surface area contributed by atoms with Gasteiger partial charge in [-0.2, -0.15) is 0 Å². The van der Waals surface area contributed by atoms with Crippen LogP contribution in [0, 0.1) is 0 Å². The van der Waals surface area contributed by atoms with Gasteiger partial charge < -0.3 is 5.73 Å². The molecule has 2 heterocycles. The molecule has 2 N–H and O–H groups in total. The maximum atomic E-state index is 13.7. The summed E-state index contributed by atoms with van der Waals surface area (Å²) in [7, 11) is 0. The summed E-state index contributed by atoms with van der Waals surface area (Å²) in [6, 6.07) is 25.9. The Balaban J connectivity index is 1.73. The lowest BCUT2D eigenvalue weighted by molar-refractivity contribution is 0.478. The minimum atomic E-state index is -0.501. The van der Waals surface area contributed by atoms with Crippen LogP contribution in [0.2, 0.25) is 5.02 Å². The Morgan fingerprint density at radius 3 is 2.27 bits per heavy atom. The van der Waals surface area contributed by atoms with Gasteiger partial charge in [0.2, 0.25) is 0 Å². The normalized spacial score (nSPS) is 15.9. The van der Waals surface area contributed by atoms with Crippen molar-refractivity contribution in [2.45, 2.75) is 23.7 Å².